The molecule has 1 N–H and O–H groups in total. The van der Waals surface area contributed by atoms with Gasteiger partial charge in [-0.1, -0.05) is 60.5 Å². The van der Waals surface area contributed by atoms with E-state index in [4.69, 9.17) is 22.5 Å². The van der Waals surface area contributed by atoms with E-state index in [0.29, 0.717) is 11.3 Å². The molecule has 36 heavy (non-hydrogen) atoms. The molecule has 2 fully saturated rings. The first kappa shape index (κ1) is 27.5. The molecule has 1 aromatic rings. The molecule has 3 aliphatic rings. The Morgan fingerprint density at radius 2 is 1.58 bits per heavy atom. The van der Waals surface area contributed by atoms with Crippen molar-refractivity contribution in [2.45, 2.75) is 115 Å². The maximum absolute atomic E-state index is 12.9. The molecular formula is C24H41N3O7Si2. The van der Waals surface area contributed by atoms with Gasteiger partial charge in [-0.15, -0.1) is 0 Å². The summed E-state index contributed by atoms with van der Waals surface area (Å²) in [5, 5.41) is 4.36. The third kappa shape index (κ3) is 3.92. The van der Waals surface area contributed by atoms with Crippen LogP contribution in [0.5, 0.6) is 0 Å². The quantitative estimate of drug-likeness (QED) is 0.566. The number of aromatic amines is 1. The first-order valence-electron chi connectivity index (χ1n) is 12.9. The Morgan fingerprint density at radius 1 is 1.00 bits per heavy atom. The van der Waals surface area contributed by atoms with E-state index in [2.05, 4.69) is 65.5 Å². The molecule has 0 aromatic carbocycles. The molecule has 0 saturated carbocycles. The number of H-pyrrole nitrogens is 1. The predicted octanol–water partition coefficient (Wildman–Crippen LogP) is 3.84. The Morgan fingerprint density at radius 3 is 2.14 bits per heavy atom. The lowest BCUT2D eigenvalue weighted by Crippen LogP contribution is -2.70. The average molecular weight is 540 g/mol. The minimum absolute atomic E-state index is 0.121. The number of hydrogen-bond donors (Lipinski definition) is 1. The number of nitrogens with one attached hydrogen (secondary N) is 1. The average Bonchev–Trinajstić information content (AvgIpc) is 2.98. The highest BCUT2D eigenvalue weighted by molar-refractivity contribution is 6.84. The van der Waals surface area contributed by atoms with Gasteiger partial charge in [0.2, 0.25) is 6.10 Å². The van der Waals surface area contributed by atoms with Gasteiger partial charge in [0.05, 0.1) is 12.3 Å². The van der Waals surface area contributed by atoms with Gasteiger partial charge in [0, 0.05) is 11.8 Å². The number of nitrogens with zero attached hydrogens (tertiary/aromatic N) is 2. The van der Waals surface area contributed by atoms with Crippen LogP contribution < -0.4 is 11.2 Å². The van der Waals surface area contributed by atoms with Crippen LogP contribution in [0.4, 0.5) is 0 Å². The highest BCUT2D eigenvalue weighted by Crippen LogP contribution is 2.52. The van der Waals surface area contributed by atoms with E-state index in [9.17, 15) is 9.59 Å². The van der Waals surface area contributed by atoms with Gasteiger partial charge >= 0.3 is 22.8 Å². The zero-order chi connectivity index (χ0) is 26.8. The van der Waals surface area contributed by atoms with Crippen LogP contribution in [-0.4, -0.2) is 56.8 Å². The van der Waals surface area contributed by atoms with Crippen LogP contribution in [0.15, 0.2) is 20.9 Å². The van der Waals surface area contributed by atoms with Crippen molar-refractivity contribution in [3.05, 3.63) is 32.6 Å². The Kier molecular flexibility index (Phi) is 7.10. The summed E-state index contributed by atoms with van der Waals surface area (Å²) in [6, 6.07) is 0. The lowest BCUT2D eigenvalue weighted by atomic mass is 9.90. The minimum atomic E-state index is -2.96. The minimum Gasteiger partial charge on any atom is -0.414 e. The summed E-state index contributed by atoms with van der Waals surface area (Å²) in [5.41, 5.74) is -0.467. The molecule has 1 aromatic heterocycles. The molecule has 3 aliphatic heterocycles. The standard InChI is InChI=1S/C24H41N3O7Si2/c1-13(2)35(14(3)4)30-12-24-18(10)26-32-19(20(24)33-36(34-35,15(5)6)16(7)8)22(31-24)27-11-17(9)21(28)25-23(27)29/h11,13-16,19-20,22H,12H2,1-10H3,(H,25,28,29)/t19-,20?,22+,24-/m0/s1. The van der Waals surface area contributed by atoms with Gasteiger partial charge in [-0.3, -0.25) is 14.3 Å². The second-order valence-electron chi connectivity index (χ2n) is 11.6. The summed E-state index contributed by atoms with van der Waals surface area (Å²) < 4.78 is 29.5. The summed E-state index contributed by atoms with van der Waals surface area (Å²) in [4.78, 5) is 33.2. The molecule has 0 radical (unpaired) electrons. The van der Waals surface area contributed by atoms with Crippen molar-refractivity contribution in [2.24, 2.45) is 5.16 Å². The van der Waals surface area contributed by atoms with E-state index < -0.39 is 52.4 Å². The normalized spacial score (nSPS) is 31.3. The molecule has 1 unspecified atom stereocenters. The van der Waals surface area contributed by atoms with Gasteiger partial charge in [-0.05, 0) is 36.0 Å². The Hall–Kier alpha value is -1.58. The van der Waals surface area contributed by atoms with Crippen molar-refractivity contribution in [1.82, 2.24) is 9.55 Å². The van der Waals surface area contributed by atoms with Gasteiger partial charge in [-0.2, -0.15) is 0 Å². The van der Waals surface area contributed by atoms with Gasteiger partial charge in [0.25, 0.3) is 5.56 Å². The van der Waals surface area contributed by atoms with E-state index in [0.717, 1.165) is 0 Å². The van der Waals surface area contributed by atoms with Crippen LogP contribution in [0, 0.1) is 6.92 Å². The summed E-state index contributed by atoms with van der Waals surface area (Å²) in [7, 11) is -5.77. The molecule has 10 nitrogen and oxygen atoms in total. The molecule has 202 valence electrons. The van der Waals surface area contributed by atoms with Crippen LogP contribution in [0.3, 0.4) is 0 Å². The lowest BCUT2D eigenvalue weighted by Gasteiger charge is -2.53. The van der Waals surface area contributed by atoms with E-state index >= 15 is 0 Å². The second kappa shape index (κ2) is 9.31. The molecule has 0 aliphatic carbocycles. The van der Waals surface area contributed by atoms with Gasteiger partial charge in [0.1, 0.15) is 6.10 Å². The third-order valence-electron chi connectivity index (χ3n) is 8.08. The van der Waals surface area contributed by atoms with Gasteiger partial charge in [-0.25, -0.2) is 4.79 Å². The van der Waals surface area contributed by atoms with Gasteiger partial charge in [0.15, 0.2) is 11.8 Å². The van der Waals surface area contributed by atoms with Crippen molar-refractivity contribution < 1.29 is 22.5 Å². The van der Waals surface area contributed by atoms with Crippen LogP contribution in [-0.2, 0) is 22.5 Å². The molecular weight excluding hydrogens is 498 g/mol. The van der Waals surface area contributed by atoms with Crippen LogP contribution in [0.25, 0.3) is 0 Å². The lowest BCUT2D eigenvalue weighted by molar-refractivity contribution is -0.0939. The summed E-state index contributed by atoms with van der Waals surface area (Å²) in [6.45, 7) is 21.0. The number of rotatable bonds is 5. The monoisotopic (exact) mass is 539 g/mol. The second-order valence-corrected chi connectivity index (χ2v) is 20.5. The molecule has 2 saturated heterocycles. The maximum atomic E-state index is 12.9. The van der Waals surface area contributed by atoms with Crippen molar-refractivity contribution >= 4 is 22.8 Å². The van der Waals surface area contributed by atoms with E-state index in [1.807, 2.05) is 6.92 Å². The Balaban J connectivity index is 1.92. The molecule has 4 heterocycles. The molecule has 4 atom stereocenters. The number of aromatic nitrogens is 2. The smallest absolute Gasteiger partial charge is 0.335 e. The zero-order valence-corrected chi connectivity index (χ0v) is 25.1. The molecule has 12 heteroatoms. The fourth-order valence-electron chi connectivity index (χ4n) is 5.88. The number of aryl methyl sites for hydroxylation is 1. The fraction of sp³-hybridized carbons (Fsp3) is 0.792. The molecule has 2 bridgehead atoms. The zero-order valence-electron chi connectivity index (χ0n) is 23.1. The number of hydrogen-bond acceptors (Lipinski definition) is 8. The highest BCUT2D eigenvalue weighted by atomic mass is 28.5. The SMILES string of the molecule is CC1=NO[C@H]2C3O[Si](C(C)C)(C(C)C)O[Si](C(C)C)(C(C)C)OC[C@]13O[C@H]2n1cc(C)c(=O)[nH]c1=O. The molecule has 0 spiro atoms. The topological polar surface area (TPSA) is 113 Å². The first-order valence-corrected chi connectivity index (χ1v) is 16.9. The van der Waals surface area contributed by atoms with Crippen LogP contribution in [0.1, 0.15) is 74.1 Å². The molecule has 0 amide bonds. The third-order valence-corrected chi connectivity index (χ3v) is 18.3. The Labute approximate surface area is 214 Å². The van der Waals surface area contributed by atoms with Crippen molar-refractivity contribution in [3.63, 3.8) is 0 Å². The summed E-state index contributed by atoms with van der Waals surface area (Å²) in [6.07, 6.45) is -0.673. The Bertz CT molecular complexity index is 1130. The van der Waals surface area contributed by atoms with Crippen molar-refractivity contribution in [2.75, 3.05) is 6.61 Å². The van der Waals surface area contributed by atoms with Crippen molar-refractivity contribution in [1.29, 1.82) is 0 Å². The van der Waals surface area contributed by atoms with Gasteiger partial charge < -0.3 is 22.5 Å². The largest absolute Gasteiger partial charge is 0.414 e. The predicted molar refractivity (Wildman–Crippen MR) is 141 cm³/mol. The van der Waals surface area contributed by atoms with Crippen molar-refractivity contribution in [3.8, 4) is 0 Å². The number of oxime groups is 1. The fourth-order valence-corrected chi connectivity index (χ4v) is 17.1. The van der Waals surface area contributed by atoms with E-state index in [1.165, 1.54) is 10.8 Å². The molecule has 4 rings (SSSR count). The van der Waals surface area contributed by atoms with Crippen LogP contribution in [0.2, 0.25) is 22.2 Å². The maximum Gasteiger partial charge on any atom is 0.335 e. The number of ether oxygens (including phenoxy) is 1. The summed E-state index contributed by atoms with van der Waals surface area (Å²) >= 11 is 0. The first-order chi connectivity index (χ1) is 16.7. The highest BCUT2D eigenvalue weighted by Gasteiger charge is 2.69. The van der Waals surface area contributed by atoms with E-state index in [1.54, 1.807) is 6.92 Å². The van der Waals surface area contributed by atoms with Crippen LogP contribution >= 0.6 is 0 Å². The summed E-state index contributed by atoms with van der Waals surface area (Å²) in [5.74, 6) is 0. The van der Waals surface area contributed by atoms with E-state index in [-0.39, 0.29) is 28.8 Å².